The topological polar surface area (TPSA) is 59.3 Å². The molecular formula is C16H14NO3. The zero-order valence-electron chi connectivity index (χ0n) is 10.8. The molecule has 1 aromatic carbocycles. The summed E-state index contributed by atoms with van der Waals surface area (Å²) in [5, 5.41) is 2.59. The molecule has 4 nitrogen and oxygen atoms in total. The Balaban J connectivity index is 1.89. The smallest absolute Gasteiger partial charge is 0.244 e. The molecule has 2 aromatic rings. The molecule has 0 bridgehead atoms. The van der Waals surface area contributed by atoms with Crippen LogP contribution in [0.1, 0.15) is 11.3 Å². The zero-order chi connectivity index (χ0) is 14.2. The molecular weight excluding hydrogens is 254 g/mol. The van der Waals surface area contributed by atoms with Crippen molar-refractivity contribution < 1.29 is 14.0 Å². The summed E-state index contributed by atoms with van der Waals surface area (Å²) in [7, 11) is 0. The fourth-order valence-corrected chi connectivity index (χ4v) is 1.74. The molecule has 1 radical (unpaired) electrons. The van der Waals surface area contributed by atoms with E-state index in [2.05, 4.69) is 5.32 Å². The van der Waals surface area contributed by atoms with Crippen LogP contribution in [-0.4, -0.2) is 18.2 Å². The lowest BCUT2D eigenvalue weighted by Gasteiger charge is -2.10. The minimum atomic E-state index is -0.661. The van der Waals surface area contributed by atoms with E-state index in [0.29, 0.717) is 12.2 Å². The number of carbonyl (C=O) groups is 1. The number of hydrogen-bond donors (Lipinski definition) is 1. The van der Waals surface area contributed by atoms with Crippen LogP contribution in [0.15, 0.2) is 59.2 Å². The van der Waals surface area contributed by atoms with E-state index in [4.69, 9.17) is 4.42 Å². The molecule has 2 rings (SSSR count). The molecule has 0 aliphatic carbocycles. The number of amides is 1. The SMILES string of the molecule is O=[C][C@H](Cc1ccccc1)NC(=O)C=Cc1ccco1. The van der Waals surface area contributed by atoms with Crippen molar-refractivity contribution in [3.8, 4) is 0 Å². The normalized spacial score (nSPS) is 12.2. The molecule has 0 fully saturated rings. The van der Waals surface area contributed by atoms with Gasteiger partial charge in [0.2, 0.25) is 12.2 Å². The number of rotatable bonds is 6. The number of nitrogens with one attached hydrogen (secondary N) is 1. The summed E-state index contributed by atoms with van der Waals surface area (Å²) in [4.78, 5) is 22.6. The quantitative estimate of drug-likeness (QED) is 0.816. The molecule has 0 spiro atoms. The highest BCUT2D eigenvalue weighted by atomic mass is 16.3. The summed E-state index contributed by atoms with van der Waals surface area (Å²) in [6, 6.07) is 12.3. The maximum atomic E-state index is 11.7. The second-order valence-corrected chi connectivity index (χ2v) is 4.22. The Morgan fingerprint density at radius 2 is 2.05 bits per heavy atom. The summed E-state index contributed by atoms with van der Waals surface area (Å²) in [6.45, 7) is 0. The van der Waals surface area contributed by atoms with Crippen LogP contribution in [0.5, 0.6) is 0 Å². The number of furan rings is 1. The van der Waals surface area contributed by atoms with Gasteiger partial charge in [0.05, 0.1) is 12.3 Å². The molecule has 20 heavy (non-hydrogen) atoms. The van der Waals surface area contributed by atoms with E-state index < -0.39 is 6.04 Å². The van der Waals surface area contributed by atoms with E-state index in [1.54, 1.807) is 18.2 Å². The summed E-state index contributed by atoms with van der Waals surface area (Å²) in [5.74, 6) is 0.223. The minimum Gasteiger partial charge on any atom is -0.465 e. The Labute approximate surface area is 117 Å². The summed E-state index contributed by atoms with van der Waals surface area (Å²) >= 11 is 0. The molecule has 0 saturated carbocycles. The van der Waals surface area contributed by atoms with Crippen molar-refractivity contribution in [2.75, 3.05) is 0 Å². The Kier molecular flexibility index (Phi) is 4.89. The lowest BCUT2D eigenvalue weighted by molar-refractivity contribution is -0.116. The Hall–Kier alpha value is -2.62. The molecule has 1 heterocycles. The van der Waals surface area contributed by atoms with Crippen molar-refractivity contribution in [1.29, 1.82) is 0 Å². The largest absolute Gasteiger partial charge is 0.465 e. The molecule has 0 unspecified atom stereocenters. The van der Waals surface area contributed by atoms with Crippen molar-refractivity contribution in [3.05, 3.63) is 66.1 Å². The standard InChI is InChI=1S/C16H14NO3/c18-12-14(11-13-5-2-1-3-6-13)17-16(19)9-8-15-7-4-10-20-15/h1-10,14H,11H2,(H,17,19)/t14-/m0/s1. The minimum absolute atomic E-state index is 0.356. The molecule has 0 saturated heterocycles. The van der Waals surface area contributed by atoms with Gasteiger partial charge in [0.15, 0.2) is 0 Å². The molecule has 1 atom stereocenters. The second kappa shape index (κ2) is 7.09. The fraction of sp³-hybridized carbons (Fsp3) is 0.125. The fourth-order valence-electron chi connectivity index (χ4n) is 1.74. The van der Waals surface area contributed by atoms with E-state index in [-0.39, 0.29) is 5.91 Å². The van der Waals surface area contributed by atoms with Gasteiger partial charge in [-0.3, -0.25) is 9.59 Å². The summed E-state index contributed by atoms with van der Waals surface area (Å²) in [5.41, 5.74) is 0.969. The van der Waals surface area contributed by atoms with E-state index in [9.17, 15) is 9.59 Å². The molecule has 0 aliphatic rings. The lowest BCUT2D eigenvalue weighted by atomic mass is 10.1. The van der Waals surface area contributed by atoms with E-state index in [1.165, 1.54) is 12.3 Å². The number of benzene rings is 1. The molecule has 1 amide bonds. The monoisotopic (exact) mass is 268 g/mol. The highest BCUT2D eigenvalue weighted by Gasteiger charge is 2.11. The third-order valence-electron chi connectivity index (χ3n) is 2.68. The third-order valence-corrected chi connectivity index (χ3v) is 2.68. The summed E-state index contributed by atoms with van der Waals surface area (Å²) < 4.78 is 5.07. The van der Waals surface area contributed by atoms with Gasteiger partial charge in [0.25, 0.3) is 0 Å². The van der Waals surface area contributed by atoms with Gasteiger partial charge >= 0.3 is 0 Å². The highest BCUT2D eigenvalue weighted by molar-refractivity contribution is 5.93. The first-order valence-corrected chi connectivity index (χ1v) is 6.21. The Morgan fingerprint density at radius 1 is 1.25 bits per heavy atom. The van der Waals surface area contributed by atoms with E-state index in [1.807, 2.05) is 36.6 Å². The maximum absolute atomic E-state index is 11.7. The van der Waals surface area contributed by atoms with Gasteiger partial charge in [-0.15, -0.1) is 0 Å². The van der Waals surface area contributed by atoms with Crippen LogP contribution in [0.2, 0.25) is 0 Å². The van der Waals surface area contributed by atoms with Crippen LogP contribution in [-0.2, 0) is 16.0 Å². The number of hydrogen-bond acceptors (Lipinski definition) is 3. The Bertz CT molecular complexity index is 573. The second-order valence-electron chi connectivity index (χ2n) is 4.22. The van der Waals surface area contributed by atoms with Gasteiger partial charge in [-0.25, -0.2) is 0 Å². The van der Waals surface area contributed by atoms with Gasteiger partial charge < -0.3 is 9.73 Å². The number of carbonyl (C=O) groups excluding carboxylic acids is 2. The Morgan fingerprint density at radius 3 is 2.70 bits per heavy atom. The van der Waals surface area contributed by atoms with Crippen LogP contribution in [0.4, 0.5) is 0 Å². The third kappa shape index (κ3) is 4.24. The van der Waals surface area contributed by atoms with E-state index >= 15 is 0 Å². The first-order chi connectivity index (χ1) is 9.78. The van der Waals surface area contributed by atoms with Crippen molar-refractivity contribution in [3.63, 3.8) is 0 Å². The predicted octanol–water partition coefficient (Wildman–Crippen LogP) is 2.13. The van der Waals surface area contributed by atoms with E-state index in [0.717, 1.165) is 5.56 Å². The maximum Gasteiger partial charge on any atom is 0.244 e. The van der Waals surface area contributed by atoms with Crippen LogP contribution in [0.3, 0.4) is 0 Å². The first-order valence-electron chi connectivity index (χ1n) is 6.21. The van der Waals surface area contributed by atoms with Crippen molar-refractivity contribution >= 4 is 18.3 Å². The molecule has 4 heteroatoms. The first kappa shape index (κ1) is 13.8. The van der Waals surface area contributed by atoms with Crippen LogP contribution in [0.25, 0.3) is 6.08 Å². The van der Waals surface area contributed by atoms with Gasteiger partial charge in [-0.05, 0) is 23.8 Å². The molecule has 1 aromatic heterocycles. The average Bonchev–Trinajstić information content (AvgIpc) is 2.99. The molecule has 101 valence electrons. The van der Waals surface area contributed by atoms with Crippen LogP contribution >= 0.6 is 0 Å². The van der Waals surface area contributed by atoms with Crippen molar-refractivity contribution in [2.45, 2.75) is 12.5 Å². The molecule has 1 N–H and O–H groups in total. The van der Waals surface area contributed by atoms with Crippen LogP contribution < -0.4 is 5.32 Å². The van der Waals surface area contributed by atoms with Gasteiger partial charge in [-0.1, -0.05) is 30.3 Å². The van der Waals surface area contributed by atoms with Gasteiger partial charge in [0.1, 0.15) is 5.76 Å². The van der Waals surface area contributed by atoms with Crippen LogP contribution in [0, 0.1) is 0 Å². The highest BCUT2D eigenvalue weighted by Crippen LogP contribution is 2.03. The lowest BCUT2D eigenvalue weighted by Crippen LogP contribution is -2.36. The van der Waals surface area contributed by atoms with Gasteiger partial charge in [0, 0.05) is 12.5 Å². The van der Waals surface area contributed by atoms with Gasteiger partial charge in [-0.2, -0.15) is 0 Å². The molecule has 0 aliphatic heterocycles. The summed E-state index contributed by atoms with van der Waals surface area (Å²) in [6.07, 6.45) is 6.65. The average molecular weight is 268 g/mol. The van der Waals surface area contributed by atoms with Crippen molar-refractivity contribution in [1.82, 2.24) is 5.32 Å². The predicted molar refractivity (Wildman–Crippen MR) is 75.5 cm³/mol. The zero-order valence-corrected chi connectivity index (χ0v) is 10.8. The van der Waals surface area contributed by atoms with Crippen molar-refractivity contribution in [2.24, 2.45) is 0 Å².